The van der Waals surface area contributed by atoms with Crippen LogP contribution in [0.15, 0.2) is 41.2 Å². The van der Waals surface area contributed by atoms with Crippen molar-refractivity contribution in [1.29, 1.82) is 0 Å². The maximum absolute atomic E-state index is 13.8. The fraction of sp³-hybridized carbons (Fsp3) is 0.222. The fourth-order valence-electron chi connectivity index (χ4n) is 2.63. The lowest BCUT2D eigenvalue weighted by Gasteiger charge is -2.15. The molecule has 6 heteroatoms. The van der Waals surface area contributed by atoms with E-state index in [1.54, 1.807) is 10.6 Å². The van der Waals surface area contributed by atoms with E-state index in [0.29, 0.717) is 26.7 Å². The summed E-state index contributed by atoms with van der Waals surface area (Å²) < 4.78 is 15.8. The van der Waals surface area contributed by atoms with Crippen molar-refractivity contribution in [2.45, 2.75) is 13.3 Å². The molecule has 4 nitrogen and oxygen atoms in total. The quantitative estimate of drug-likeness (QED) is 0.586. The summed E-state index contributed by atoms with van der Waals surface area (Å²) >= 11 is 1.89. The molecule has 0 spiro atoms. The summed E-state index contributed by atoms with van der Waals surface area (Å²) in [4.78, 5) is 19.5. The lowest BCUT2D eigenvalue weighted by atomic mass is 10.2. The summed E-state index contributed by atoms with van der Waals surface area (Å²) in [6.45, 7) is 1.93. The van der Waals surface area contributed by atoms with E-state index in [1.165, 1.54) is 6.07 Å². The Kier molecular flexibility index (Phi) is 4.58. The highest BCUT2D eigenvalue weighted by atomic mass is 127. The van der Waals surface area contributed by atoms with Crippen molar-refractivity contribution >= 4 is 39.2 Å². The van der Waals surface area contributed by atoms with Gasteiger partial charge >= 0.3 is 0 Å². The van der Waals surface area contributed by atoms with Crippen molar-refractivity contribution in [3.63, 3.8) is 0 Å². The summed E-state index contributed by atoms with van der Waals surface area (Å²) in [5.41, 5.74) is 2.04. The Hall–Kier alpha value is -1.96. The molecule has 1 aromatic heterocycles. The predicted octanol–water partition coefficient (Wildman–Crippen LogP) is 3.76. The highest BCUT2D eigenvalue weighted by Crippen LogP contribution is 2.20. The number of anilines is 1. The van der Waals surface area contributed by atoms with E-state index in [4.69, 9.17) is 0 Å². The number of rotatable bonds is 3. The number of aromatic nitrogens is 2. The fourth-order valence-corrected chi connectivity index (χ4v) is 3.10. The van der Waals surface area contributed by atoms with Crippen LogP contribution < -0.4 is 10.5 Å². The SMILES string of the molecule is CCc1nc2cc(F)c(I)cc2c(=O)n1-c1ccc(N(C)C)cc1. The Balaban J connectivity index is 2.28. The molecular weight excluding hydrogens is 420 g/mol. The number of fused-ring (bicyclic) bond motifs is 1. The third kappa shape index (κ3) is 2.90. The highest BCUT2D eigenvalue weighted by Gasteiger charge is 2.14. The summed E-state index contributed by atoms with van der Waals surface area (Å²) in [6.07, 6.45) is 0.578. The van der Waals surface area contributed by atoms with E-state index in [1.807, 2.05) is 72.8 Å². The van der Waals surface area contributed by atoms with Crippen molar-refractivity contribution in [3.8, 4) is 5.69 Å². The average molecular weight is 437 g/mol. The van der Waals surface area contributed by atoms with Gasteiger partial charge in [0.05, 0.1) is 16.6 Å². The highest BCUT2D eigenvalue weighted by molar-refractivity contribution is 14.1. The number of benzene rings is 2. The van der Waals surface area contributed by atoms with E-state index >= 15 is 0 Å². The molecule has 0 aliphatic carbocycles. The van der Waals surface area contributed by atoms with Crippen LogP contribution in [0.3, 0.4) is 0 Å². The molecule has 3 rings (SSSR count). The molecule has 0 bridgehead atoms. The summed E-state index contributed by atoms with van der Waals surface area (Å²) in [7, 11) is 3.93. The molecule has 24 heavy (non-hydrogen) atoms. The van der Waals surface area contributed by atoms with Crippen LogP contribution in [0.25, 0.3) is 16.6 Å². The van der Waals surface area contributed by atoms with Gasteiger partial charge in [-0.15, -0.1) is 0 Å². The second-order valence-electron chi connectivity index (χ2n) is 5.72. The van der Waals surface area contributed by atoms with E-state index < -0.39 is 0 Å². The molecule has 124 valence electrons. The standard InChI is InChI=1S/C18H17FIN3O/c1-4-17-21-16-10-14(19)15(20)9-13(16)18(24)23(17)12-7-5-11(6-8-12)22(2)3/h5-10H,4H2,1-3H3. The lowest BCUT2D eigenvalue weighted by molar-refractivity contribution is 0.621. The third-order valence-electron chi connectivity index (χ3n) is 3.92. The second-order valence-corrected chi connectivity index (χ2v) is 6.88. The molecule has 0 saturated carbocycles. The first-order chi connectivity index (χ1) is 11.4. The number of nitrogens with zero attached hydrogens (tertiary/aromatic N) is 3. The van der Waals surface area contributed by atoms with Gasteiger partial charge in [0.2, 0.25) is 0 Å². The molecule has 0 atom stereocenters. The van der Waals surface area contributed by atoms with Crippen LogP contribution in [0.2, 0.25) is 0 Å². The van der Waals surface area contributed by atoms with Gasteiger partial charge in [0, 0.05) is 35.8 Å². The number of hydrogen-bond donors (Lipinski definition) is 0. The average Bonchev–Trinajstić information content (AvgIpc) is 2.56. The van der Waals surface area contributed by atoms with Gasteiger partial charge in [0.25, 0.3) is 5.56 Å². The minimum Gasteiger partial charge on any atom is -0.378 e. The van der Waals surface area contributed by atoms with Crippen LogP contribution in [0, 0.1) is 9.39 Å². The summed E-state index contributed by atoms with van der Waals surface area (Å²) in [5.74, 6) is 0.260. The van der Waals surface area contributed by atoms with Crippen LogP contribution in [0.4, 0.5) is 10.1 Å². The Morgan fingerprint density at radius 1 is 1.21 bits per heavy atom. The molecular formula is C18H17FIN3O. The Labute approximate surface area is 153 Å². The molecule has 0 N–H and O–H groups in total. The minimum atomic E-state index is -0.356. The van der Waals surface area contributed by atoms with Gasteiger partial charge in [0.15, 0.2) is 0 Å². The van der Waals surface area contributed by atoms with Gasteiger partial charge in [-0.25, -0.2) is 9.37 Å². The van der Waals surface area contributed by atoms with Crippen molar-refractivity contribution in [3.05, 3.63) is 62.0 Å². The third-order valence-corrected chi connectivity index (χ3v) is 4.75. The normalized spacial score (nSPS) is 11.0. The zero-order valence-corrected chi connectivity index (χ0v) is 15.8. The largest absolute Gasteiger partial charge is 0.378 e. The van der Waals surface area contributed by atoms with Gasteiger partial charge in [-0.2, -0.15) is 0 Å². The van der Waals surface area contributed by atoms with E-state index in [2.05, 4.69) is 4.98 Å². The summed E-state index contributed by atoms with van der Waals surface area (Å²) in [6, 6.07) is 10.6. The molecule has 2 aromatic carbocycles. The Morgan fingerprint density at radius 3 is 2.46 bits per heavy atom. The van der Waals surface area contributed by atoms with E-state index in [9.17, 15) is 9.18 Å². The first-order valence-corrected chi connectivity index (χ1v) is 8.68. The lowest BCUT2D eigenvalue weighted by Crippen LogP contribution is -2.24. The zero-order chi connectivity index (χ0) is 17.4. The Morgan fingerprint density at radius 2 is 1.88 bits per heavy atom. The molecule has 0 saturated heterocycles. The van der Waals surface area contributed by atoms with Crippen LogP contribution in [0.5, 0.6) is 0 Å². The molecule has 0 amide bonds. The number of aryl methyl sites for hydroxylation is 1. The van der Waals surface area contributed by atoms with Crippen molar-refractivity contribution in [2.24, 2.45) is 0 Å². The predicted molar refractivity (Wildman–Crippen MR) is 104 cm³/mol. The van der Waals surface area contributed by atoms with Gasteiger partial charge in [-0.3, -0.25) is 9.36 Å². The van der Waals surface area contributed by atoms with Crippen molar-refractivity contribution < 1.29 is 4.39 Å². The maximum atomic E-state index is 13.8. The van der Waals surface area contributed by atoms with Crippen LogP contribution >= 0.6 is 22.6 Å². The number of halogens is 2. The van der Waals surface area contributed by atoms with Gasteiger partial charge in [0.1, 0.15) is 11.6 Å². The van der Waals surface area contributed by atoms with Gasteiger partial charge < -0.3 is 4.90 Å². The van der Waals surface area contributed by atoms with Crippen LogP contribution in [-0.2, 0) is 6.42 Å². The summed E-state index contributed by atoms with van der Waals surface area (Å²) in [5, 5.41) is 0.426. The van der Waals surface area contributed by atoms with Crippen molar-refractivity contribution in [1.82, 2.24) is 9.55 Å². The van der Waals surface area contributed by atoms with Crippen LogP contribution in [-0.4, -0.2) is 23.6 Å². The topological polar surface area (TPSA) is 38.1 Å². The monoisotopic (exact) mass is 437 g/mol. The van der Waals surface area contributed by atoms with Gasteiger partial charge in [-0.05, 0) is 52.9 Å². The zero-order valence-electron chi connectivity index (χ0n) is 13.7. The first-order valence-electron chi connectivity index (χ1n) is 7.60. The van der Waals surface area contributed by atoms with E-state index in [0.717, 1.165) is 11.4 Å². The molecule has 0 fully saturated rings. The molecule has 0 radical (unpaired) electrons. The van der Waals surface area contributed by atoms with Gasteiger partial charge in [-0.1, -0.05) is 6.92 Å². The molecule has 1 heterocycles. The van der Waals surface area contributed by atoms with Crippen LogP contribution in [0.1, 0.15) is 12.7 Å². The Bertz CT molecular complexity index is 965. The van der Waals surface area contributed by atoms with Crippen molar-refractivity contribution in [2.75, 3.05) is 19.0 Å². The molecule has 0 aliphatic rings. The second kappa shape index (κ2) is 6.51. The molecule has 3 aromatic rings. The number of hydrogen-bond acceptors (Lipinski definition) is 3. The molecule has 0 unspecified atom stereocenters. The smallest absolute Gasteiger partial charge is 0.266 e. The maximum Gasteiger partial charge on any atom is 0.266 e. The molecule has 0 aliphatic heterocycles. The minimum absolute atomic E-state index is 0.174. The first kappa shape index (κ1) is 16.9. The van der Waals surface area contributed by atoms with E-state index in [-0.39, 0.29) is 11.4 Å².